The van der Waals surface area contributed by atoms with Crippen LogP contribution in [0, 0.1) is 24.6 Å². The van der Waals surface area contributed by atoms with E-state index in [9.17, 15) is 14.0 Å². The molecule has 2 atom stereocenters. The number of benzene rings is 1. The molecule has 1 aromatic rings. The molecule has 130 valence electrons. The molecule has 0 spiro atoms. The number of carbonyl (C=O) groups is 2. The summed E-state index contributed by atoms with van der Waals surface area (Å²) < 4.78 is 19.6. The van der Waals surface area contributed by atoms with Crippen LogP contribution in [0.3, 0.4) is 0 Å². The first kappa shape index (κ1) is 16.9. The van der Waals surface area contributed by atoms with Gasteiger partial charge in [-0.25, -0.2) is 4.39 Å². The van der Waals surface area contributed by atoms with Crippen LogP contribution in [-0.2, 0) is 9.53 Å². The summed E-state index contributed by atoms with van der Waals surface area (Å²) in [5.41, 5.74) is 6.44. The maximum atomic E-state index is 13.9. The highest BCUT2D eigenvalue weighted by atomic mass is 19.1. The fourth-order valence-electron chi connectivity index (χ4n) is 3.78. The van der Waals surface area contributed by atoms with Crippen molar-refractivity contribution in [2.45, 2.75) is 32.3 Å². The smallest absolute Gasteiger partial charge is 0.256 e. The van der Waals surface area contributed by atoms with Gasteiger partial charge in [0.05, 0.1) is 17.6 Å². The summed E-state index contributed by atoms with van der Waals surface area (Å²) in [7, 11) is 0. The van der Waals surface area contributed by atoms with Crippen LogP contribution in [0.15, 0.2) is 18.2 Å². The second-order valence-corrected chi connectivity index (χ2v) is 6.75. The van der Waals surface area contributed by atoms with E-state index < -0.39 is 5.82 Å². The molecule has 2 amide bonds. The third-order valence-electron chi connectivity index (χ3n) is 5.14. The lowest BCUT2D eigenvalue weighted by molar-refractivity contribution is -0.124. The molecule has 3 rings (SSSR count). The van der Waals surface area contributed by atoms with Crippen molar-refractivity contribution in [2.75, 3.05) is 19.7 Å². The first-order valence-electron chi connectivity index (χ1n) is 8.43. The van der Waals surface area contributed by atoms with Gasteiger partial charge in [0.2, 0.25) is 5.91 Å². The lowest BCUT2D eigenvalue weighted by atomic mass is 9.84. The molecule has 24 heavy (non-hydrogen) atoms. The van der Waals surface area contributed by atoms with E-state index in [2.05, 4.69) is 0 Å². The zero-order valence-electron chi connectivity index (χ0n) is 13.8. The van der Waals surface area contributed by atoms with E-state index in [1.54, 1.807) is 17.0 Å². The van der Waals surface area contributed by atoms with Crippen LogP contribution in [-0.4, -0.2) is 42.5 Å². The van der Waals surface area contributed by atoms with Crippen LogP contribution in [0.1, 0.15) is 35.2 Å². The quantitative estimate of drug-likeness (QED) is 0.917. The SMILES string of the molecule is Cc1ccc(F)c(C(=O)N2CCC([C@H]3OCC[C@@H]3C(N)=O)CC2)c1. The fourth-order valence-corrected chi connectivity index (χ4v) is 3.78. The lowest BCUT2D eigenvalue weighted by Gasteiger charge is -2.35. The minimum absolute atomic E-state index is 0.126. The molecule has 2 heterocycles. The fraction of sp³-hybridized carbons (Fsp3) is 0.556. The predicted octanol–water partition coefficient (Wildman–Crippen LogP) is 1.88. The largest absolute Gasteiger partial charge is 0.377 e. The van der Waals surface area contributed by atoms with Crippen LogP contribution in [0.5, 0.6) is 0 Å². The normalized spacial score (nSPS) is 25.0. The van der Waals surface area contributed by atoms with Crippen molar-refractivity contribution >= 4 is 11.8 Å². The number of likely N-dealkylation sites (tertiary alicyclic amines) is 1. The Bertz CT molecular complexity index is 641. The second kappa shape index (κ2) is 6.89. The summed E-state index contributed by atoms with van der Waals surface area (Å²) in [6, 6.07) is 4.58. The van der Waals surface area contributed by atoms with Gasteiger partial charge in [0.1, 0.15) is 5.82 Å². The van der Waals surface area contributed by atoms with Gasteiger partial charge in [0.15, 0.2) is 0 Å². The molecule has 0 aliphatic carbocycles. The van der Waals surface area contributed by atoms with Gasteiger partial charge in [-0.1, -0.05) is 11.6 Å². The standard InChI is InChI=1S/C18H23FN2O3/c1-11-2-3-15(19)14(10-11)18(23)21-7-4-12(5-8-21)16-13(17(20)22)6-9-24-16/h2-3,10,12-13,16H,4-9H2,1H3,(H2,20,22)/t13-,16+/m0/s1. The van der Waals surface area contributed by atoms with E-state index >= 15 is 0 Å². The first-order chi connectivity index (χ1) is 11.5. The third-order valence-corrected chi connectivity index (χ3v) is 5.14. The number of hydrogen-bond donors (Lipinski definition) is 1. The number of amides is 2. The molecule has 0 unspecified atom stereocenters. The minimum Gasteiger partial charge on any atom is -0.377 e. The van der Waals surface area contributed by atoms with Gasteiger partial charge < -0.3 is 15.4 Å². The number of primary amides is 1. The van der Waals surface area contributed by atoms with E-state index in [0.29, 0.717) is 26.1 Å². The summed E-state index contributed by atoms with van der Waals surface area (Å²) in [5.74, 6) is -1.07. The maximum Gasteiger partial charge on any atom is 0.256 e. The minimum atomic E-state index is -0.486. The molecule has 5 nitrogen and oxygen atoms in total. The number of carbonyl (C=O) groups excluding carboxylic acids is 2. The molecular formula is C18H23FN2O3. The number of piperidine rings is 1. The Morgan fingerprint density at radius 3 is 2.62 bits per heavy atom. The molecule has 0 aromatic heterocycles. The zero-order chi connectivity index (χ0) is 17.3. The highest BCUT2D eigenvalue weighted by Gasteiger charge is 2.40. The Morgan fingerprint density at radius 2 is 1.96 bits per heavy atom. The summed E-state index contributed by atoms with van der Waals surface area (Å²) >= 11 is 0. The number of aryl methyl sites for hydroxylation is 1. The molecule has 0 bridgehead atoms. The molecule has 2 fully saturated rings. The molecule has 1 aromatic carbocycles. The highest BCUT2D eigenvalue weighted by Crippen LogP contribution is 2.33. The molecular weight excluding hydrogens is 311 g/mol. The van der Waals surface area contributed by atoms with Crippen molar-refractivity contribution in [3.63, 3.8) is 0 Å². The molecule has 6 heteroatoms. The summed E-state index contributed by atoms with van der Waals surface area (Å²) in [5, 5.41) is 0. The van der Waals surface area contributed by atoms with Gasteiger partial charge in [-0.15, -0.1) is 0 Å². The van der Waals surface area contributed by atoms with Crippen molar-refractivity contribution in [2.24, 2.45) is 17.6 Å². The van der Waals surface area contributed by atoms with Crippen LogP contribution in [0.4, 0.5) is 4.39 Å². The highest BCUT2D eigenvalue weighted by molar-refractivity contribution is 5.94. The monoisotopic (exact) mass is 334 g/mol. The summed E-state index contributed by atoms with van der Waals surface area (Å²) in [6.07, 6.45) is 2.02. The van der Waals surface area contributed by atoms with Crippen LogP contribution < -0.4 is 5.73 Å². The van der Waals surface area contributed by atoms with Gasteiger partial charge in [0.25, 0.3) is 5.91 Å². The van der Waals surface area contributed by atoms with Gasteiger partial charge in [-0.05, 0) is 44.2 Å². The maximum absolute atomic E-state index is 13.9. The molecule has 0 saturated carbocycles. The van der Waals surface area contributed by atoms with E-state index in [0.717, 1.165) is 18.4 Å². The topological polar surface area (TPSA) is 72.6 Å². The van der Waals surface area contributed by atoms with E-state index in [1.807, 2.05) is 6.92 Å². The number of ether oxygens (including phenoxy) is 1. The average molecular weight is 334 g/mol. The number of nitrogens with two attached hydrogens (primary N) is 1. The summed E-state index contributed by atoms with van der Waals surface area (Å²) in [4.78, 5) is 25.8. The van der Waals surface area contributed by atoms with Gasteiger partial charge in [-0.3, -0.25) is 9.59 Å². The second-order valence-electron chi connectivity index (χ2n) is 6.75. The van der Waals surface area contributed by atoms with Crippen LogP contribution in [0.2, 0.25) is 0 Å². The van der Waals surface area contributed by atoms with E-state index in [4.69, 9.17) is 10.5 Å². The molecule has 2 N–H and O–H groups in total. The van der Waals surface area contributed by atoms with E-state index in [-0.39, 0.29) is 35.3 Å². The van der Waals surface area contributed by atoms with Gasteiger partial charge in [-0.2, -0.15) is 0 Å². The number of hydrogen-bond acceptors (Lipinski definition) is 3. The van der Waals surface area contributed by atoms with Crippen LogP contribution >= 0.6 is 0 Å². The zero-order valence-corrected chi connectivity index (χ0v) is 13.8. The Hall–Kier alpha value is -1.95. The number of nitrogens with zero attached hydrogens (tertiary/aromatic N) is 1. The van der Waals surface area contributed by atoms with Crippen molar-refractivity contribution in [1.82, 2.24) is 4.90 Å². The van der Waals surface area contributed by atoms with Gasteiger partial charge >= 0.3 is 0 Å². The third kappa shape index (κ3) is 3.29. The Balaban J connectivity index is 1.63. The van der Waals surface area contributed by atoms with E-state index in [1.165, 1.54) is 6.07 Å². The Morgan fingerprint density at radius 1 is 1.25 bits per heavy atom. The van der Waals surface area contributed by atoms with Crippen molar-refractivity contribution in [1.29, 1.82) is 0 Å². The number of rotatable bonds is 3. The molecule has 0 radical (unpaired) electrons. The molecule has 2 aliphatic heterocycles. The first-order valence-corrected chi connectivity index (χ1v) is 8.43. The lowest BCUT2D eigenvalue weighted by Crippen LogP contribution is -2.44. The predicted molar refractivity (Wildman–Crippen MR) is 86.8 cm³/mol. The van der Waals surface area contributed by atoms with Crippen molar-refractivity contribution < 1.29 is 18.7 Å². The van der Waals surface area contributed by atoms with Gasteiger partial charge in [0, 0.05) is 19.7 Å². The molecule has 2 aliphatic rings. The number of halogens is 1. The Kier molecular flexibility index (Phi) is 4.85. The summed E-state index contributed by atoms with van der Waals surface area (Å²) in [6.45, 7) is 3.49. The van der Waals surface area contributed by atoms with Crippen molar-refractivity contribution in [3.05, 3.63) is 35.1 Å². The van der Waals surface area contributed by atoms with Crippen molar-refractivity contribution in [3.8, 4) is 0 Å². The van der Waals surface area contributed by atoms with Crippen LogP contribution in [0.25, 0.3) is 0 Å². The molecule has 2 saturated heterocycles. The Labute approximate surface area is 141 Å². The average Bonchev–Trinajstić information content (AvgIpc) is 3.06.